The van der Waals surface area contributed by atoms with Gasteiger partial charge in [-0.05, 0) is 72.7 Å². The standard InChI is InChI=1S/C50H37N5/c1-3-19-44-39(40-26-14-16-29-45(40)54(44)38-23-11-7-12-24-38)25-13-6-8-20-35(4-2)37-31-32-47-42(34-37)41-27-15-17-30-46(41)55(47)50-52-43-28-18-33-51-49(43)48(53-50)36-21-9-5-10-22-36/h3-34H,2H2,1H3/b8-6+,19-3+,25-13+,35-20+. The molecule has 0 saturated carbocycles. The summed E-state index contributed by atoms with van der Waals surface area (Å²) in [7, 11) is 0. The Balaban J connectivity index is 1.09. The molecular weight excluding hydrogens is 671 g/mol. The van der Waals surface area contributed by atoms with Crippen molar-refractivity contribution in [1.29, 1.82) is 0 Å². The largest absolute Gasteiger partial charge is 0.309 e. The van der Waals surface area contributed by atoms with Crippen molar-refractivity contribution < 1.29 is 0 Å². The molecule has 5 nitrogen and oxygen atoms in total. The maximum atomic E-state index is 5.16. The first-order chi connectivity index (χ1) is 27.2. The molecule has 5 heteroatoms. The van der Waals surface area contributed by atoms with Crippen LogP contribution in [-0.4, -0.2) is 24.1 Å². The Kier molecular flexibility index (Phi) is 8.87. The average Bonchev–Trinajstić information content (AvgIpc) is 3.74. The summed E-state index contributed by atoms with van der Waals surface area (Å²) < 4.78 is 4.49. The summed E-state index contributed by atoms with van der Waals surface area (Å²) in [5.41, 5.74) is 12.2. The predicted molar refractivity (Wildman–Crippen MR) is 231 cm³/mol. The van der Waals surface area contributed by atoms with Crippen molar-refractivity contribution >= 4 is 61.5 Å². The maximum absolute atomic E-state index is 5.16. The number of benzene rings is 5. The number of aromatic nitrogens is 5. The van der Waals surface area contributed by atoms with Gasteiger partial charge in [-0.1, -0.05) is 140 Å². The summed E-state index contributed by atoms with van der Waals surface area (Å²) >= 11 is 0. The highest BCUT2D eigenvalue weighted by atomic mass is 15.2. The minimum absolute atomic E-state index is 0.608. The molecule has 0 radical (unpaired) electrons. The molecule has 9 rings (SSSR count). The highest BCUT2D eigenvalue weighted by Gasteiger charge is 2.18. The van der Waals surface area contributed by atoms with E-state index in [1.165, 1.54) is 16.5 Å². The summed E-state index contributed by atoms with van der Waals surface area (Å²) in [6.07, 6.45) is 18.6. The highest BCUT2D eigenvalue weighted by Crippen LogP contribution is 2.35. The van der Waals surface area contributed by atoms with Gasteiger partial charge in [0.15, 0.2) is 0 Å². The van der Waals surface area contributed by atoms with Crippen molar-refractivity contribution in [2.45, 2.75) is 6.92 Å². The van der Waals surface area contributed by atoms with Crippen LogP contribution in [0.5, 0.6) is 0 Å². The van der Waals surface area contributed by atoms with Crippen molar-refractivity contribution in [2.24, 2.45) is 0 Å². The number of fused-ring (bicyclic) bond motifs is 5. The molecule has 0 fully saturated rings. The Morgan fingerprint density at radius 3 is 2.11 bits per heavy atom. The summed E-state index contributed by atoms with van der Waals surface area (Å²) in [6, 6.07) is 48.2. The van der Waals surface area contributed by atoms with Gasteiger partial charge in [0.25, 0.3) is 0 Å². The lowest BCUT2D eigenvalue weighted by molar-refractivity contribution is 1.01. The van der Waals surface area contributed by atoms with Crippen molar-refractivity contribution in [3.05, 3.63) is 206 Å². The lowest BCUT2D eigenvalue weighted by atomic mass is 10.0. The molecule has 4 heterocycles. The van der Waals surface area contributed by atoms with Gasteiger partial charge in [0, 0.05) is 39.2 Å². The van der Waals surface area contributed by atoms with E-state index in [-0.39, 0.29) is 0 Å². The second-order valence-electron chi connectivity index (χ2n) is 13.3. The minimum Gasteiger partial charge on any atom is -0.309 e. The Hall–Kier alpha value is -7.37. The van der Waals surface area contributed by atoms with Crippen LogP contribution in [0, 0.1) is 0 Å². The topological polar surface area (TPSA) is 48.5 Å². The molecule has 9 aromatic rings. The van der Waals surface area contributed by atoms with Gasteiger partial charge >= 0.3 is 0 Å². The maximum Gasteiger partial charge on any atom is 0.235 e. The van der Waals surface area contributed by atoms with E-state index in [9.17, 15) is 0 Å². The van der Waals surface area contributed by atoms with Gasteiger partial charge in [-0.2, -0.15) is 0 Å². The smallest absolute Gasteiger partial charge is 0.235 e. The summed E-state index contributed by atoms with van der Waals surface area (Å²) in [5, 5.41) is 3.46. The van der Waals surface area contributed by atoms with Crippen molar-refractivity contribution in [3.8, 4) is 22.9 Å². The molecule has 0 aliphatic carbocycles. The summed E-state index contributed by atoms with van der Waals surface area (Å²) in [6.45, 7) is 6.25. The Morgan fingerprint density at radius 1 is 0.618 bits per heavy atom. The SMILES string of the molecule is C=C\C(=C/C=C/C=C/c1c(/C=C/C)n(-c2ccccc2)c2ccccc12)c1ccc2c(c1)c1ccccc1n2-c1nc(-c2ccccc2)c2ncccc2n1. The van der Waals surface area contributed by atoms with Gasteiger partial charge in [0.05, 0.1) is 27.8 Å². The van der Waals surface area contributed by atoms with Crippen LogP contribution in [0.25, 0.3) is 84.4 Å². The molecule has 262 valence electrons. The molecule has 0 aliphatic rings. The fourth-order valence-corrected chi connectivity index (χ4v) is 7.51. The summed E-state index contributed by atoms with van der Waals surface area (Å²) in [5.74, 6) is 0.608. The number of para-hydroxylation sites is 3. The van der Waals surface area contributed by atoms with E-state index in [1.54, 1.807) is 6.20 Å². The number of allylic oxidation sites excluding steroid dienone is 7. The Morgan fingerprint density at radius 2 is 1.33 bits per heavy atom. The molecular formula is C50H37N5. The molecule has 0 atom stereocenters. The number of hydrogen-bond acceptors (Lipinski definition) is 3. The van der Waals surface area contributed by atoms with E-state index < -0.39 is 0 Å². The van der Waals surface area contributed by atoms with Gasteiger partial charge in [-0.15, -0.1) is 0 Å². The first kappa shape index (κ1) is 33.5. The second-order valence-corrected chi connectivity index (χ2v) is 13.3. The fourth-order valence-electron chi connectivity index (χ4n) is 7.51. The van der Waals surface area contributed by atoms with E-state index in [1.807, 2.05) is 36.4 Å². The van der Waals surface area contributed by atoms with Gasteiger partial charge in [-0.3, -0.25) is 9.55 Å². The molecule has 4 aromatic heterocycles. The zero-order chi connectivity index (χ0) is 37.1. The third kappa shape index (κ3) is 6.08. The first-order valence-corrected chi connectivity index (χ1v) is 18.4. The van der Waals surface area contributed by atoms with Crippen LogP contribution in [0.1, 0.15) is 23.7 Å². The van der Waals surface area contributed by atoms with Crippen LogP contribution >= 0.6 is 0 Å². The zero-order valence-corrected chi connectivity index (χ0v) is 30.4. The number of hydrogen-bond donors (Lipinski definition) is 0. The minimum atomic E-state index is 0.608. The van der Waals surface area contributed by atoms with E-state index in [4.69, 9.17) is 9.97 Å². The lowest BCUT2D eigenvalue weighted by Gasteiger charge is -2.11. The average molecular weight is 708 g/mol. The van der Waals surface area contributed by atoms with Crippen molar-refractivity contribution in [1.82, 2.24) is 24.1 Å². The molecule has 0 spiro atoms. The number of rotatable bonds is 9. The number of nitrogens with zero attached hydrogens (tertiary/aromatic N) is 5. The van der Waals surface area contributed by atoms with E-state index in [0.717, 1.165) is 66.6 Å². The van der Waals surface area contributed by atoms with Gasteiger partial charge in [-0.25, -0.2) is 9.97 Å². The van der Waals surface area contributed by atoms with Crippen LogP contribution < -0.4 is 0 Å². The van der Waals surface area contributed by atoms with Crippen LogP contribution in [0.2, 0.25) is 0 Å². The van der Waals surface area contributed by atoms with Crippen molar-refractivity contribution in [3.63, 3.8) is 0 Å². The highest BCUT2D eigenvalue weighted by molar-refractivity contribution is 6.10. The van der Waals surface area contributed by atoms with Gasteiger partial charge in [0.2, 0.25) is 5.95 Å². The Bertz CT molecular complexity index is 2990. The second kappa shape index (κ2) is 14.6. The van der Waals surface area contributed by atoms with E-state index >= 15 is 0 Å². The van der Waals surface area contributed by atoms with Crippen LogP contribution in [0.3, 0.4) is 0 Å². The number of pyridine rings is 1. The lowest BCUT2D eigenvalue weighted by Crippen LogP contribution is -2.04. The molecule has 0 saturated heterocycles. The normalized spacial score (nSPS) is 12.4. The molecule has 0 amide bonds. The molecule has 0 aliphatic heterocycles. The van der Waals surface area contributed by atoms with Gasteiger partial charge in [0.1, 0.15) is 11.2 Å². The molecule has 0 unspecified atom stereocenters. The van der Waals surface area contributed by atoms with Crippen LogP contribution in [0.15, 0.2) is 189 Å². The fraction of sp³-hybridized carbons (Fsp3) is 0.0200. The molecule has 0 N–H and O–H groups in total. The van der Waals surface area contributed by atoms with Gasteiger partial charge < -0.3 is 4.57 Å². The Labute approximate surface area is 319 Å². The quantitative estimate of drug-likeness (QED) is 0.140. The third-order valence-electron chi connectivity index (χ3n) is 9.97. The van der Waals surface area contributed by atoms with Crippen molar-refractivity contribution in [2.75, 3.05) is 0 Å². The van der Waals surface area contributed by atoms with Crippen LogP contribution in [-0.2, 0) is 0 Å². The zero-order valence-electron chi connectivity index (χ0n) is 30.4. The molecule has 5 aromatic carbocycles. The molecule has 0 bridgehead atoms. The predicted octanol–water partition coefficient (Wildman–Crippen LogP) is 12.6. The van der Waals surface area contributed by atoms with E-state index in [0.29, 0.717) is 5.95 Å². The first-order valence-electron chi connectivity index (χ1n) is 18.4. The third-order valence-corrected chi connectivity index (χ3v) is 9.97. The monoisotopic (exact) mass is 707 g/mol. The molecule has 55 heavy (non-hydrogen) atoms. The van der Waals surface area contributed by atoms with Crippen LogP contribution in [0.4, 0.5) is 0 Å². The summed E-state index contributed by atoms with van der Waals surface area (Å²) in [4.78, 5) is 14.9. The van der Waals surface area contributed by atoms with E-state index in [2.05, 4.69) is 179 Å².